The molecule has 0 N–H and O–H groups in total. The van der Waals surface area contributed by atoms with Gasteiger partial charge in [0.05, 0.1) is 5.02 Å². The fourth-order valence-corrected chi connectivity index (χ4v) is 1.51. The van der Waals surface area contributed by atoms with E-state index >= 15 is 0 Å². The van der Waals surface area contributed by atoms with Crippen molar-refractivity contribution in [1.82, 2.24) is 0 Å². The van der Waals surface area contributed by atoms with Crippen LogP contribution >= 0.6 is 24.2 Å². The van der Waals surface area contributed by atoms with Crippen molar-refractivity contribution in [2.45, 2.75) is 18.7 Å². The molecule has 0 atom stereocenters. The van der Waals surface area contributed by atoms with E-state index in [2.05, 4.69) is 12.6 Å². The van der Waals surface area contributed by atoms with Crippen LogP contribution in [0.25, 0.3) is 0 Å². The predicted octanol–water partition coefficient (Wildman–Crippen LogP) is 3.14. The summed E-state index contributed by atoms with van der Waals surface area (Å²) in [5.41, 5.74) is 1.53. The van der Waals surface area contributed by atoms with Gasteiger partial charge in [-0.15, -0.1) is 12.6 Å². The zero-order valence-corrected chi connectivity index (χ0v) is 8.54. The molecule has 0 aromatic heterocycles. The molecule has 0 heterocycles. The molecule has 0 saturated heterocycles. The molecule has 0 amide bonds. The first-order valence-corrected chi connectivity index (χ1v) is 4.35. The molecule has 1 rings (SSSR count). The van der Waals surface area contributed by atoms with E-state index in [0.717, 1.165) is 10.5 Å². The lowest BCUT2D eigenvalue weighted by molar-refractivity contribution is 0.101. The second-order valence-electron chi connectivity index (χ2n) is 2.67. The van der Waals surface area contributed by atoms with Gasteiger partial charge in [0.2, 0.25) is 0 Å². The van der Waals surface area contributed by atoms with Gasteiger partial charge in [0.25, 0.3) is 0 Å². The van der Waals surface area contributed by atoms with Gasteiger partial charge in [0.1, 0.15) is 0 Å². The van der Waals surface area contributed by atoms with Gasteiger partial charge in [-0.25, -0.2) is 0 Å². The summed E-state index contributed by atoms with van der Waals surface area (Å²) in [5.74, 6) is -0.0172. The lowest BCUT2D eigenvalue weighted by Crippen LogP contribution is -1.94. The zero-order valence-electron chi connectivity index (χ0n) is 6.89. The standard InChI is InChI=1S/C9H9ClOS/c1-5-3-7(6(2)11)8(10)4-9(5)12/h3-4,12H,1-2H3. The molecule has 0 spiro atoms. The number of thiol groups is 1. The average molecular weight is 201 g/mol. The van der Waals surface area contributed by atoms with Crippen molar-refractivity contribution in [2.24, 2.45) is 0 Å². The van der Waals surface area contributed by atoms with Gasteiger partial charge in [0.15, 0.2) is 5.78 Å². The molecule has 0 aliphatic carbocycles. The lowest BCUT2D eigenvalue weighted by atomic mass is 10.1. The Morgan fingerprint density at radius 2 is 2.08 bits per heavy atom. The summed E-state index contributed by atoms with van der Waals surface area (Å²) in [6.45, 7) is 3.39. The number of hydrogen-bond donors (Lipinski definition) is 1. The highest BCUT2D eigenvalue weighted by molar-refractivity contribution is 7.80. The molecule has 0 radical (unpaired) electrons. The van der Waals surface area contributed by atoms with Gasteiger partial charge in [-0.1, -0.05) is 11.6 Å². The van der Waals surface area contributed by atoms with Crippen LogP contribution in [0.2, 0.25) is 5.02 Å². The van der Waals surface area contributed by atoms with Gasteiger partial charge in [-0.3, -0.25) is 4.79 Å². The molecule has 1 aromatic carbocycles. The van der Waals surface area contributed by atoms with Crippen LogP contribution in [0, 0.1) is 6.92 Å². The number of rotatable bonds is 1. The fourth-order valence-electron chi connectivity index (χ4n) is 0.941. The first-order chi connectivity index (χ1) is 5.52. The van der Waals surface area contributed by atoms with Crippen LogP contribution in [-0.4, -0.2) is 5.78 Å². The first kappa shape index (κ1) is 9.62. The van der Waals surface area contributed by atoms with E-state index < -0.39 is 0 Å². The number of Topliss-reactive ketones (excluding diaryl/α,β-unsaturated/α-hetero) is 1. The van der Waals surface area contributed by atoms with Crippen molar-refractivity contribution in [3.05, 3.63) is 28.3 Å². The molecule has 12 heavy (non-hydrogen) atoms. The van der Waals surface area contributed by atoms with Crippen LogP contribution in [-0.2, 0) is 0 Å². The zero-order chi connectivity index (χ0) is 9.30. The SMILES string of the molecule is CC(=O)c1cc(C)c(S)cc1Cl. The molecular formula is C9H9ClOS. The minimum Gasteiger partial charge on any atom is -0.294 e. The maximum absolute atomic E-state index is 11.0. The van der Waals surface area contributed by atoms with Gasteiger partial charge in [0, 0.05) is 10.5 Å². The van der Waals surface area contributed by atoms with Crippen LogP contribution in [0.4, 0.5) is 0 Å². The molecule has 0 aliphatic heterocycles. The molecule has 1 nitrogen and oxygen atoms in total. The molecule has 0 unspecified atom stereocenters. The van der Waals surface area contributed by atoms with Gasteiger partial charge < -0.3 is 0 Å². The number of halogens is 1. The second kappa shape index (κ2) is 3.50. The van der Waals surface area contributed by atoms with Gasteiger partial charge in [-0.05, 0) is 31.5 Å². The van der Waals surface area contributed by atoms with E-state index in [1.165, 1.54) is 6.92 Å². The Hall–Kier alpha value is -0.470. The fraction of sp³-hybridized carbons (Fsp3) is 0.222. The Morgan fingerprint density at radius 1 is 1.50 bits per heavy atom. The highest BCUT2D eigenvalue weighted by Gasteiger charge is 2.07. The van der Waals surface area contributed by atoms with Crippen molar-refractivity contribution in [3.8, 4) is 0 Å². The molecule has 0 bridgehead atoms. The Balaban J connectivity index is 3.33. The van der Waals surface area contributed by atoms with Crippen LogP contribution in [0.1, 0.15) is 22.8 Å². The smallest absolute Gasteiger partial charge is 0.161 e. The van der Waals surface area contributed by atoms with Crippen molar-refractivity contribution < 1.29 is 4.79 Å². The topological polar surface area (TPSA) is 17.1 Å². The maximum atomic E-state index is 11.0. The molecule has 0 fully saturated rings. The summed E-state index contributed by atoms with van der Waals surface area (Å²) in [6, 6.07) is 3.45. The van der Waals surface area contributed by atoms with Crippen LogP contribution in [0.5, 0.6) is 0 Å². The Bertz CT molecular complexity index is 334. The average Bonchev–Trinajstić information content (AvgIpc) is 1.96. The first-order valence-electron chi connectivity index (χ1n) is 3.52. The molecule has 64 valence electrons. The molecule has 0 saturated carbocycles. The second-order valence-corrected chi connectivity index (χ2v) is 3.56. The number of aryl methyl sites for hydroxylation is 1. The van der Waals surface area contributed by atoms with Crippen molar-refractivity contribution in [3.63, 3.8) is 0 Å². The lowest BCUT2D eigenvalue weighted by Gasteiger charge is -2.03. The van der Waals surface area contributed by atoms with E-state index in [9.17, 15) is 4.79 Å². The van der Waals surface area contributed by atoms with Crippen LogP contribution in [0.15, 0.2) is 17.0 Å². The summed E-state index contributed by atoms with van der Waals surface area (Å²) in [7, 11) is 0. The highest BCUT2D eigenvalue weighted by Crippen LogP contribution is 2.23. The van der Waals surface area contributed by atoms with E-state index in [4.69, 9.17) is 11.6 Å². The number of hydrogen-bond acceptors (Lipinski definition) is 2. The third-order valence-electron chi connectivity index (χ3n) is 1.66. The van der Waals surface area contributed by atoms with Crippen LogP contribution < -0.4 is 0 Å². The van der Waals surface area contributed by atoms with Gasteiger partial charge in [-0.2, -0.15) is 0 Å². The molecular weight excluding hydrogens is 192 g/mol. The van der Waals surface area contributed by atoms with Crippen LogP contribution in [0.3, 0.4) is 0 Å². The number of carbonyl (C=O) groups is 1. The monoisotopic (exact) mass is 200 g/mol. The highest BCUT2D eigenvalue weighted by atomic mass is 35.5. The summed E-state index contributed by atoms with van der Waals surface area (Å²) < 4.78 is 0. The number of ketones is 1. The summed E-state index contributed by atoms with van der Waals surface area (Å²) in [4.78, 5) is 11.8. The van der Waals surface area contributed by atoms with E-state index in [0.29, 0.717) is 10.6 Å². The van der Waals surface area contributed by atoms with Crippen molar-refractivity contribution in [1.29, 1.82) is 0 Å². The van der Waals surface area contributed by atoms with E-state index in [1.807, 2.05) is 6.92 Å². The predicted molar refractivity (Wildman–Crippen MR) is 53.4 cm³/mol. The van der Waals surface area contributed by atoms with E-state index in [1.54, 1.807) is 12.1 Å². The Morgan fingerprint density at radius 3 is 2.58 bits per heavy atom. The summed E-state index contributed by atoms with van der Waals surface area (Å²) in [6.07, 6.45) is 0. The molecule has 1 aromatic rings. The van der Waals surface area contributed by atoms with Crippen molar-refractivity contribution in [2.75, 3.05) is 0 Å². The quantitative estimate of drug-likeness (QED) is 0.545. The normalized spacial score (nSPS) is 10.0. The summed E-state index contributed by atoms with van der Waals surface area (Å²) in [5, 5.41) is 0.470. The number of carbonyl (C=O) groups excluding carboxylic acids is 1. The third kappa shape index (κ3) is 1.82. The Labute approximate surface area is 82.1 Å². The van der Waals surface area contributed by atoms with Gasteiger partial charge >= 0.3 is 0 Å². The largest absolute Gasteiger partial charge is 0.294 e. The molecule has 0 aliphatic rings. The summed E-state index contributed by atoms with van der Waals surface area (Å²) >= 11 is 10.0. The maximum Gasteiger partial charge on any atom is 0.161 e. The minimum atomic E-state index is -0.0172. The minimum absolute atomic E-state index is 0.0172. The number of benzene rings is 1. The third-order valence-corrected chi connectivity index (χ3v) is 2.46. The Kier molecular flexibility index (Phi) is 2.80. The molecule has 3 heteroatoms. The van der Waals surface area contributed by atoms with Crippen molar-refractivity contribution >= 4 is 30.0 Å². The van der Waals surface area contributed by atoms with E-state index in [-0.39, 0.29) is 5.78 Å².